The zero-order chi connectivity index (χ0) is 21.2. The van der Waals surface area contributed by atoms with E-state index in [0.717, 1.165) is 31.4 Å². The van der Waals surface area contributed by atoms with Crippen LogP contribution in [0.15, 0.2) is 41.3 Å². The number of benzene rings is 2. The quantitative estimate of drug-likeness (QED) is 0.800. The molecule has 1 heterocycles. The highest BCUT2D eigenvalue weighted by atomic mass is 32.2. The van der Waals surface area contributed by atoms with Crippen LogP contribution >= 0.6 is 0 Å². The molecule has 1 amide bonds. The van der Waals surface area contributed by atoms with Gasteiger partial charge in [-0.3, -0.25) is 4.79 Å². The summed E-state index contributed by atoms with van der Waals surface area (Å²) in [5, 5.41) is 2.52. The van der Waals surface area contributed by atoms with Gasteiger partial charge >= 0.3 is 0 Å². The van der Waals surface area contributed by atoms with Gasteiger partial charge in [-0.05, 0) is 43.2 Å². The van der Waals surface area contributed by atoms with E-state index in [1.54, 1.807) is 25.1 Å². The van der Waals surface area contributed by atoms with Crippen molar-refractivity contribution in [2.45, 2.75) is 24.2 Å². The lowest BCUT2D eigenvalue weighted by molar-refractivity contribution is 0.102. The van der Waals surface area contributed by atoms with Crippen LogP contribution in [0.5, 0.6) is 0 Å². The number of carbonyl (C=O) groups excluding carboxylic acids is 1. The average molecular weight is 423 g/mol. The molecule has 1 aliphatic heterocycles. The van der Waals surface area contributed by atoms with E-state index in [9.17, 15) is 22.0 Å². The molecule has 2 aromatic carbocycles. The van der Waals surface area contributed by atoms with Crippen LogP contribution in [-0.4, -0.2) is 45.8 Å². The molecule has 156 valence electrons. The summed E-state index contributed by atoms with van der Waals surface area (Å²) in [5.41, 5.74) is 0.272. The van der Waals surface area contributed by atoms with E-state index >= 15 is 0 Å². The number of halogens is 2. The molecule has 2 aromatic rings. The van der Waals surface area contributed by atoms with Crippen LogP contribution in [0.3, 0.4) is 0 Å². The van der Waals surface area contributed by atoms with Crippen molar-refractivity contribution in [1.29, 1.82) is 0 Å². The number of carbonyl (C=O) groups is 1. The monoisotopic (exact) mass is 423 g/mol. The molecule has 0 saturated carbocycles. The van der Waals surface area contributed by atoms with Crippen molar-refractivity contribution in [2.75, 3.05) is 37.4 Å². The molecule has 1 fully saturated rings. The van der Waals surface area contributed by atoms with Gasteiger partial charge < -0.3 is 10.2 Å². The first-order chi connectivity index (χ1) is 13.7. The van der Waals surface area contributed by atoms with Crippen molar-refractivity contribution in [2.24, 2.45) is 0 Å². The number of piperidine rings is 1. The second kappa shape index (κ2) is 8.46. The third-order valence-corrected chi connectivity index (χ3v) is 6.74. The van der Waals surface area contributed by atoms with E-state index in [-0.39, 0.29) is 10.6 Å². The minimum absolute atomic E-state index is 0.0417. The summed E-state index contributed by atoms with van der Waals surface area (Å²) in [7, 11) is -0.255. The predicted molar refractivity (Wildman–Crippen MR) is 108 cm³/mol. The Morgan fingerprint density at radius 2 is 1.76 bits per heavy atom. The van der Waals surface area contributed by atoms with E-state index in [2.05, 4.69) is 5.32 Å². The highest BCUT2D eigenvalue weighted by Gasteiger charge is 2.27. The van der Waals surface area contributed by atoms with Crippen molar-refractivity contribution < 1.29 is 22.0 Å². The minimum atomic E-state index is -3.71. The van der Waals surface area contributed by atoms with Gasteiger partial charge in [0, 0.05) is 27.2 Å². The Labute approximate surface area is 169 Å². The summed E-state index contributed by atoms with van der Waals surface area (Å²) in [6, 6.07) is 7.73. The molecule has 29 heavy (non-hydrogen) atoms. The molecule has 0 bridgehead atoms. The number of sulfonamides is 1. The van der Waals surface area contributed by atoms with Gasteiger partial charge in [0.15, 0.2) is 11.6 Å². The van der Waals surface area contributed by atoms with Gasteiger partial charge in [0.05, 0.1) is 21.8 Å². The SMILES string of the molecule is CN(C)c1ccc(S(=O)(=O)N2CCCCC2)cc1NC(=O)c1cccc(F)c1F. The minimum Gasteiger partial charge on any atom is -0.376 e. The second-order valence-electron chi connectivity index (χ2n) is 7.09. The van der Waals surface area contributed by atoms with E-state index in [4.69, 9.17) is 0 Å². The number of anilines is 2. The lowest BCUT2D eigenvalue weighted by Crippen LogP contribution is -2.35. The Balaban J connectivity index is 1.97. The first-order valence-corrected chi connectivity index (χ1v) is 10.7. The van der Waals surface area contributed by atoms with Gasteiger partial charge in [-0.1, -0.05) is 12.5 Å². The second-order valence-corrected chi connectivity index (χ2v) is 9.03. The fraction of sp³-hybridized carbons (Fsp3) is 0.350. The predicted octanol–water partition coefficient (Wildman–Crippen LogP) is 3.46. The molecule has 0 radical (unpaired) electrons. The number of rotatable bonds is 5. The van der Waals surface area contributed by atoms with E-state index in [1.165, 1.54) is 22.5 Å². The topological polar surface area (TPSA) is 69.7 Å². The summed E-state index contributed by atoms with van der Waals surface area (Å²) in [5.74, 6) is -3.25. The maximum atomic E-state index is 14.0. The molecule has 1 aliphatic rings. The molecule has 0 aromatic heterocycles. The maximum Gasteiger partial charge on any atom is 0.258 e. The number of nitrogens with zero attached hydrogens (tertiary/aromatic N) is 2. The number of hydrogen-bond donors (Lipinski definition) is 1. The number of amides is 1. The fourth-order valence-electron chi connectivity index (χ4n) is 3.29. The average Bonchev–Trinajstić information content (AvgIpc) is 2.70. The van der Waals surface area contributed by atoms with Crippen molar-refractivity contribution in [3.05, 3.63) is 53.6 Å². The van der Waals surface area contributed by atoms with Gasteiger partial charge in [-0.25, -0.2) is 17.2 Å². The van der Waals surface area contributed by atoms with Crippen molar-refractivity contribution >= 4 is 27.3 Å². The fourth-order valence-corrected chi connectivity index (χ4v) is 4.83. The van der Waals surface area contributed by atoms with Crippen molar-refractivity contribution in [3.8, 4) is 0 Å². The third-order valence-electron chi connectivity index (χ3n) is 4.85. The molecule has 9 heteroatoms. The molecule has 0 aliphatic carbocycles. The van der Waals surface area contributed by atoms with Crippen LogP contribution in [0.4, 0.5) is 20.2 Å². The highest BCUT2D eigenvalue weighted by molar-refractivity contribution is 7.89. The van der Waals surface area contributed by atoms with E-state index in [0.29, 0.717) is 18.8 Å². The van der Waals surface area contributed by atoms with Crippen LogP contribution in [0, 0.1) is 11.6 Å². The van der Waals surface area contributed by atoms with Crippen LogP contribution < -0.4 is 10.2 Å². The Bertz CT molecular complexity index is 1020. The lowest BCUT2D eigenvalue weighted by atomic mass is 10.1. The number of nitrogens with one attached hydrogen (secondary N) is 1. The number of hydrogen-bond acceptors (Lipinski definition) is 4. The molecule has 1 N–H and O–H groups in total. The molecule has 0 unspecified atom stereocenters. The zero-order valence-electron chi connectivity index (χ0n) is 16.3. The van der Waals surface area contributed by atoms with Crippen LogP contribution in [0.2, 0.25) is 0 Å². The molecular formula is C20H23F2N3O3S. The van der Waals surface area contributed by atoms with Gasteiger partial charge in [0.2, 0.25) is 10.0 Å². The molecule has 0 spiro atoms. The standard InChI is InChI=1S/C20H23F2N3O3S/c1-24(2)18-10-9-14(29(27,28)25-11-4-3-5-12-25)13-17(18)23-20(26)15-7-6-8-16(21)19(15)22/h6-10,13H,3-5,11-12H2,1-2H3,(H,23,26). The smallest absolute Gasteiger partial charge is 0.258 e. The summed E-state index contributed by atoms with van der Waals surface area (Å²) >= 11 is 0. The Kier molecular flexibility index (Phi) is 6.18. The van der Waals surface area contributed by atoms with Gasteiger partial charge in [0.25, 0.3) is 5.91 Å². The first-order valence-electron chi connectivity index (χ1n) is 9.28. The first kappa shape index (κ1) is 21.2. The zero-order valence-corrected chi connectivity index (χ0v) is 17.1. The summed E-state index contributed by atoms with van der Waals surface area (Å²) in [6.07, 6.45) is 2.60. The van der Waals surface area contributed by atoms with Crippen LogP contribution in [0.25, 0.3) is 0 Å². The summed E-state index contributed by atoms with van der Waals surface area (Å²) < 4.78 is 54.8. The van der Waals surface area contributed by atoms with Crippen molar-refractivity contribution in [3.63, 3.8) is 0 Å². The molecule has 0 atom stereocenters. The Morgan fingerprint density at radius 3 is 2.41 bits per heavy atom. The molecule has 1 saturated heterocycles. The Morgan fingerprint density at radius 1 is 1.07 bits per heavy atom. The Hall–Kier alpha value is -2.52. The van der Waals surface area contributed by atoms with E-state index < -0.39 is 33.1 Å². The third kappa shape index (κ3) is 4.40. The van der Waals surface area contributed by atoms with Gasteiger partial charge in [-0.2, -0.15) is 4.31 Å². The molecular weight excluding hydrogens is 400 g/mol. The molecule has 6 nitrogen and oxygen atoms in total. The summed E-state index contributed by atoms with van der Waals surface area (Å²) in [4.78, 5) is 14.3. The van der Waals surface area contributed by atoms with Crippen LogP contribution in [0.1, 0.15) is 29.6 Å². The lowest BCUT2D eigenvalue weighted by Gasteiger charge is -2.26. The largest absolute Gasteiger partial charge is 0.376 e. The van der Waals surface area contributed by atoms with Gasteiger partial charge in [0.1, 0.15) is 0 Å². The van der Waals surface area contributed by atoms with Crippen LogP contribution in [-0.2, 0) is 10.0 Å². The normalized spacial score (nSPS) is 15.2. The van der Waals surface area contributed by atoms with E-state index in [1.807, 2.05) is 0 Å². The molecule has 3 rings (SSSR count). The summed E-state index contributed by atoms with van der Waals surface area (Å²) in [6.45, 7) is 0.905. The van der Waals surface area contributed by atoms with Gasteiger partial charge in [-0.15, -0.1) is 0 Å². The maximum absolute atomic E-state index is 14.0. The highest BCUT2D eigenvalue weighted by Crippen LogP contribution is 2.30. The van der Waals surface area contributed by atoms with Crippen molar-refractivity contribution in [1.82, 2.24) is 4.31 Å².